The predicted octanol–water partition coefficient (Wildman–Crippen LogP) is 17.8. The fourth-order valence-electron chi connectivity index (χ4n) is 10.8. The molecule has 0 saturated heterocycles. The van der Waals surface area contributed by atoms with Crippen molar-refractivity contribution in [2.24, 2.45) is 0 Å². The molecule has 0 radical (unpaired) electrons. The molecule has 0 spiro atoms. The molecule has 0 unspecified atom stereocenters. The van der Waals surface area contributed by atoms with Crippen molar-refractivity contribution >= 4 is 98.8 Å². The van der Waals surface area contributed by atoms with Crippen LogP contribution in [-0.2, 0) is 0 Å². The van der Waals surface area contributed by atoms with Crippen molar-refractivity contribution in [1.29, 1.82) is 0 Å². The molecule has 0 fully saturated rings. The molecule has 298 valence electrons. The minimum atomic E-state index is 1.13. The van der Waals surface area contributed by atoms with Gasteiger partial charge in [0.05, 0.1) is 11.4 Å². The van der Waals surface area contributed by atoms with Gasteiger partial charge < -0.3 is 9.80 Å². The van der Waals surface area contributed by atoms with Crippen LogP contribution in [0.25, 0.3) is 86.9 Å². The van der Waals surface area contributed by atoms with Crippen molar-refractivity contribution in [3.05, 3.63) is 243 Å². The molecule has 2 nitrogen and oxygen atoms in total. The fraction of sp³-hybridized carbons (Fsp3) is 0. The highest BCUT2D eigenvalue weighted by atomic mass is 15.1. The van der Waals surface area contributed by atoms with Gasteiger partial charge >= 0.3 is 0 Å². The largest absolute Gasteiger partial charge is 0.310 e. The highest BCUT2D eigenvalue weighted by Crippen LogP contribution is 2.57. The van der Waals surface area contributed by atoms with Crippen molar-refractivity contribution in [3.8, 4) is 22.3 Å². The van der Waals surface area contributed by atoms with Gasteiger partial charge in [-0.05, 0) is 137 Å². The summed E-state index contributed by atoms with van der Waals surface area (Å²) in [7, 11) is 0. The molecule has 0 aliphatic rings. The lowest BCUT2D eigenvalue weighted by molar-refractivity contribution is 1.30. The molecule has 2 heteroatoms. The Morgan fingerprint density at radius 1 is 0.188 bits per heavy atom. The first-order chi connectivity index (χ1) is 31.8. The third kappa shape index (κ3) is 5.39. The van der Waals surface area contributed by atoms with Crippen LogP contribution in [-0.4, -0.2) is 0 Å². The van der Waals surface area contributed by atoms with E-state index in [1.165, 1.54) is 86.9 Å². The van der Waals surface area contributed by atoms with Gasteiger partial charge in [0.25, 0.3) is 0 Å². The van der Waals surface area contributed by atoms with E-state index >= 15 is 0 Å². The van der Waals surface area contributed by atoms with Crippen LogP contribution < -0.4 is 9.80 Å². The normalized spacial score (nSPS) is 11.8. The van der Waals surface area contributed by atoms with Gasteiger partial charge in [0.15, 0.2) is 0 Å². The molecule has 0 aliphatic carbocycles. The third-order valence-corrected chi connectivity index (χ3v) is 13.3. The van der Waals surface area contributed by atoms with Crippen molar-refractivity contribution in [2.45, 2.75) is 0 Å². The summed E-state index contributed by atoms with van der Waals surface area (Å²) in [6.07, 6.45) is 0. The first kappa shape index (κ1) is 36.2. The molecule has 0 aromatic heterocycles. The van der Waals surface area contributed by atoms with Crippen molar-refractivity contribution < 1.29 is 0 Å². The highest BCUT2D eigenvalue weighted by molar-refractivity contribution is 6.47. The summed E-state index contributed by atoms with van der Waals surface area (Å²) in [5, 5.41) is 15.3. The zero-order valence-electron chi connectivity index (χ0n) is 35.0. The average molecular weight is 813 g/mol. The highest BCUT2D eigenvalue weighted by Gasteiger charge is 2.29. The van der Waals surface area contributed by atoms with Crippen LogP contribution in [0.1, 0.15) is 0 Å². The van der Waals surface area contributed by atoms with E-state index in [0.717, 1.165) is 34.1 Å². The van der Waals surface area contributed by atoms with E-state index in [9.17, 15) is 0 Å². The van der Waals surface area contributed by atoms with Gasteiger partial charge in [-0.1, -0.05) is 182 Å². The molecular formula is C62H40N2. The zero-order chi connectivity index (χ0) is 42.1. The van der Waals surface area contributed by atoms with Crippen LogP contribution in [0.5, 0.6) is 0 Å². The molecule has 13 aromatic carbocycles. The van der Waals surface area contributed by atoms with Gasteiger partial charge in [-0.25, -0.2) is 0 Å². The van der Waals surface area contributed by atoms with E-state index in [1.807, 2.05) is 0 Å². The number of fused-ring (bicyclic) bond motifs is 6. The van der Waals surface area contributed by atoms with Crippen LogP contribution in [0.4, 0.5) is 34.1 Å². The van der Waals surface area contributed by atoms with Crippen LogP contribution in [0.3, 0.4) is 0 Å². The summed E-state index contributed by atoms with van der Waals surface area (Å²) < 4.78 is 0. The first-order valence-electron chi connectivity index (χ1n) is 22.1. The summed E-state index contributed by atoms with van der Waals surface area (Å²) in [6.45, 7) is 0. The second-order valence-corrected chi connectivity index (χ2v) is 16.7. The quantitative estimate of drug-likeness (QED) is 0.151. The Labute approximate surface area is 371 Å². The lowest BCUT2D eigenvalue weighted by atomic mass is 9.87. The molecule has 0 atom stereocenters. The maximum absolute atomic E-state index is 2.41. The molecular weight excluding hydrogens is 773 g/mol. The SMILES string of the molecule is c1ccc(-c2c3c4cccc5c(N(c6ccccc6)c6ccccc6)ccc(c3c(-c3ccccc3)c3c6ccc(N(c7ccccc7)c7ccccc7)c7cccc(c23)c76)c54)cc1. The standard InChI is InChI=1S/C62H40N2/c1-7-21-41(22-8-1)55-59-49-35-19-33-47-53(63(43-25-11-3-12-26-43)44-27-13-4-14-28-44)39-37-51(57(47)49)61(59)56(42-23-9-2-10-24-42)62-52-38-40-54(48-34-20-36-50(58(48)52)60(55)62)64(45-29-15-5-16-30-45)46-31-17-6-18-32-46/h1-40H. The number of anilines is 6. The smallest absolute Gasteiger partial charge is 0.0540 e. The molecule has 64 heavy (non-hydrogen) atoms. The minimum absolute atomic E-state index is 1.13. The van der Waals surface area contributed by atoms with E-state index in [0.29, 0.717) is 0 Å². The minimum Gasteiger partial charge on any atom is -0.310 e. The van der Waals surface area contributed by atoms with Crippen molar-refractivity contribution in [3.63, 3.8) is 0 Å². The van der Waals surface area contributed by atoms with E-state index in [4.69, 9.17) is 0 Å². The Kier molecular flexibility index (Phi) is 8.25. The lowest BCUT2D eigenvalue weighted by Gasteiger charge is -2.27. The van der Waals surface area contributed by atoms with E-state index < -0.39 is 0 Å². The van der Waals surface area contributed by atoms with Gasteiger partial charge in [0, 0.05) is 33.5 Å². The van der Waals surface area contributed by atoms with Gasteiger partial charge in [-0.15, -0.1) is 0 Å². The lowest BCUT2D eigenvalue weighted by Crippen LogP contribution is -2.10. The number of hydrogen-bond acceptors (Lipinski definition) is 2. The Bertz CT molecular complexity index is 3410. The molecule has 0 aliphatic heterocycles. The summed E-state index contributed by atoms with van der Waals surface area (Å²) >= 11 is 0. The summed E-state index contributed by atoms with van der Waals surface area (Å²) in [5.41, 5.74) is 11.8. The Morgan fingerprint density at radius 2 is 0.453 bits per heavy atom. The van der Waals surface area contributed by atoms with Crippen molar-refractivity contribution in [2.75, 3.05) is 9.80 Å². The molecule has 0 N–H and O–H groups in total. The second-order valence-electron chi connectivity index (χ2n) is 16.7. The topological polar surface area (TPSA) is 6.48 Å². The Hall–Kier alpha value is -8.46. The molecule has 13 rings (SSSR count). The van der Waals surface area contributed by atoms with Gasteiger partial charge in [-0.2, -0.15) is 0 Å². The maximum atomic E-state index is 2.41. The number of benzene rings is 11. The Morgan fingerprint density at radius 3 is 0.766 bits per heavy atom. The summed E-state index contributed by atoms with van der Waals surface area (Å²) in [4.78, 5) is 4.82. The number of nitrogens with zero attached hydrogens (tertiary/aromatic N) is 2. The molecule has 13 aromatic rings. The van der Waals surface area contributed by atoms with E-state index in [2.05, 4.69) is 252 Å². The van der Waals surface area contributed by atoms with Crippen LogP contribution >= 0.6 is 0 Å². The van der Waals surface area contributed by atoms with E-state index in [1.54, 1.807) is 0 Å². The Balaban J connectivity index is 1.21. The molecule has 0 saturated carbocycles. The molecule has 0 amide bonds. The third-order valence-electron chi connectivity index (χ3n) is 13.3. The number of hydrogen-bond donors (Lipinski definition) is 0. The second kappa shape index (κ2) is 14.6. The number of para-hydroxylation sites is 4. The van der Waals surface area contributed by atoms with Gasteiger partial charge in [-0.3, -0.25) is 0 Å². The molecule has 0 bridgehead atoms. The van der Waals surface area contributed by atoms with Crippen LogP contribution in [0.2, 0.25) is 0 Å². The van der Waals surface area contributed by atoms with Crippen LogP contribution in [0, 0.1) is 0 Å². The van der Waals surface area contributed by atoms with Crippen molar-refractivity contribution in [1.82, 2.24) is 0 Å². The molecule has 0 heterocycles. The fourth-order valence-corrected chi connectivity index (χ4v) is 10.8. The monoisotopic (exact) mass is 812 g/mol. The van der Waals surface area contributed by atoms with Crippen LogP contribution in [0.15, 0.2) is 243 Å². The van der Waals surface area contributed by atoms with Gasteiger partial charge in [0.2, 0.25) is 0 Å². The predicted molar refractivity (Wildman–Crippen MR) is 274 cm³/mol. The maximum Gasteiger partial charge on any atom is 0.0540 e. The summed E-state index contributed by atoms with van der Waals surface area (Å²) in [5.74, 6) is 0. The van der Waals surface area contributed by atoms with E-state index in [-0.39, 0.29) is 0 Å². The zero-order valence-corrected chi connectivity index (χ0v) is 35.0. The summed E-state index contributed by atoms with van der Waals surface area (Å²) in [6, 6.07) is 88.7. The van der Waals surface area contributed by atoms with Gasteiger partial charge in [0.1, 0.15) is 0 Å². The number of rotatable bonds is 8. The first-order valence-corrected chi connectivity index (χ1v) is 22.1. The average Bonchev–Trinajstić information content (AvgIpc) is 3.88.